The Morgan fingerprint density at radius 3 is 2.73 bits per heavy atom. The van der Waals surface area contributed by atoms with E-state index in [0.717, 1.165) is 0 Å². The summed E-state index contributed by atoms with van der Waals surface area (Å²) in [7, 11) is 3.05. The smallest absolute Gasteiger partial charge is 0.314 e. The first-order valence-electron chi connectivity index (χ1n) is 7.98. The maximum atomic E-state index is 13.4. The first kappa shape index (κ1) is 17.7. The molecule has 0 unspecified atom stereocenters. The molecule has 0 bridgehead atoms. The molecule has 136 valence electrons. The fourth-order valence-corrected chi connectivity index (χ4v) is 2.89. The normalized spacial score (nSPS) is 15.7. The summed E-state index contributed by atoms with van der Waals surface area (Å²) in [6, 6.07) is 9.10. The Bertz CT molecular complexity index is 852. The SMILES string of the molecule is COc1ccc(OC)c(COC(=O)[C@@H]2CC(=O)Nc3cc(F)ccc32)c1. The highest BCUT2D eigenvalue weighted by molar-refractivity contribution is 5.99. The lowest BCUT2D eigenvalue weighted by molar-refractivity contribution is -0.148. The molecule has 0 spiro atoms. The average molecular weight is 359 g/mol. The lowest BCUT2D eigenvalue weighted by atomic mass is 9.90. The Kier molecular flexibility index (Phi) is 5.06. The van der Waals surface area contributed by atoms with Crippen LogP contribution in [0.4, 0.5) is 10.1 Å². The van der Waals surface area contributed by atoms with Crippen LogP contribution in [0, 0.1) is 5.82 Å². The number of carbonyl (C=O) groups excluding carboxylic acids is 2. The molecule has 2 aromatic carbocycles. The molecule has 1 atom stereocenters. The van der Waals surface area contributed by atoms with Gasteiger partial charge in [0.1, 0.15) is 23.9 Å². The molecular formula is C19H18FNO5. The minimum atomic E-state index is -0.782. The number of esters is 1. The van der Waals surface area contributed by atoms with Crippen molar-refractivity contribution in [2.24, 2.45) is 0 Å². The number of anilines is 1. The highest BCUT2D eigenvalue weighted by Gasteiger charge is 2.32. The van der Waals surface area contributed by atoms with E-state index in [2.05, 4.69) is 5.32 Å². The number of fused-ring (bicyclic) bond motifs is 1. The van der Waals surface area contributed by atoms with Crippen LogP contribution < -0.4 is 14.8 Å². The van der Waals surface area contributed by atoms with E-state index in [1.54, 1.807) is 18.2 Å². The Morgan fingerprint density at radius 2 is 2.00 bits per heavy atom. The third-order valence-electron chi connectivity index (χ3n) is 4.20. The van der Waals surface area contributed by atoms with Crippen molar-refractivity contribution in [3.8, 4) is 11.5 Å². The maximum Gasteiger partial charge on any atom is 0.314 e. The van der Waals surface area contributed by atoms with E-state index in [0.29, 0.717) is 28.3 Å². The molecule has 0 radical (unpaired) electrons. The van der Waals surface area contributed by atoms with Crippen molar-refractivity contribution < 1.29 is 28.2 Å². The summed E-state index contributed by atoms with van der Waals surface area (Å²) in [5, 5.41) is 2.57. The molecule has 0 saturated heterocycles. The third-order valence-corrected chi connectivity index (χ3v) is 4.20. The Hall–Kier alpha value is -3.09. The lowest BCUT2D eigenvalue weighted by Gasteiger charge is -2.24. The molecule has 26 heavy (non-hydrogen) atoms. The Balaban J connectivity index is 1.78. The molecule has 1 N–H and O–H groups in total. The highest BCUT2D eigenvalue weighted by Crippen LogP contribution is 2.34. The number of ether oxygens (including phenoxy) is 3. The molecule has 1 heterocycles. The van der Waals surface area contributed by atoms with Crippen molar-refractivity contribution in [1.82, 2.24) is 0 Å². The number of amides is 1. The van der Waals surface area contributed by atoms with Crippen LogP contribution in [0.25, 0.3) is 0 Å². The Labute approximate surface area is 149 Å². The molecule has 2 aromatic rings. The number of hydrogen-bond acceptors (Lipinski definition) is 5. The van der Waals surface area contributed by atoms with Crippen LogP contribution >= 0.6 is 0 Å². The predicted molar refractivity (Wildman–Crippen MR) is 91.7 cm³/mol. The number of hydrogen-bond donors (Lipinski definition) is 1. The fourth-order valence-electron chi connectivity index (χ4n) is 2.89. The molecule has 0 saturated carbocycles. The van der Waals surface area contributed by atoms with Crippen LogP contribution in [0.1, 0.15) is 23.5 Å². The van der Waals surface area contributed by atoms with Crippen molar-refractivity contribution in [3.63, 3.8) is 0 Å². The summed E-state index contributed by atoms with van der Waals surface area (Å²) in [5.41, 5.74) is 1.47. The van der Waals surface area contributed by atoms with Crippen molar-refractivity contribution in [2.45, 2.75) is 18.9 Å². The van der Waals surface area contributed by atoms with Crippen LogP contribution in [-0.4, -0.2) is 26.1 Å². The zero-order valence-corrected chi connectivity index (χ0v) is 14.4. The quantitative estimate of drug-likeness (QED) is 0.831. The number of benzene rings is 2. The van der Waals surface area contributed by atoms with Gasteiger partial charge in [-0.25, -0.2) is 4.39 Å². The van der Waals surface area contributed by atoms with Crippen LogP contribution in [0.15, 0.2) is 36.4 Å². The monoisotopic (exact) mass is 359 g/mol. The van der Waals surface area contributed by atoms with E-state index in [1.807, 2.05) is 0 Å². The summed E-state index contributed by atoms with van der Waals surface area (Å²) < 4.78 is 29.2. The van der Waals surface area contributed by atoms with Crippen molar-refractivity contribution >= 4 is 17.6 Å². The molecule has 0 aromatic heterocycles. The highest BCUT2D eigenvalue weighted by atomic mass is 19.1. The summed E-state index contributed by atoms with van der Waals surface area (Å²) >= 11 is 0. The van der Waals surface area contributed by atoms with Gasteiger partial charge in [0, 0.05) is 17.7 Å². The Morgan fingerprint density at radius 1 is 1.19 bits per heavy atom. The summed E-state index contributed by atoms with van der Waals surface area (Å²) in [6.07, 6.45) is -0.0489. The molecule has 0 fully saturated rings. The number of methoxy groups -OCH3 is 2. The molecule has 6 nitrogen and oxygen atoms in total. The first-order valence-corrected chi connectivity index (χ1v) is 7.98. The van der Waals surface area contributed by atoms with Gasteiger partial charge < -0.3 is 19.5 Å². The van der Waals surface area contributed by atoms with Gasteiger partial charge in [0.15, 0.2) is 0 Å². The number of halogens is 1. The van der Waals surface area contributed by atoms with Gasteiger partial charge in [0.25, 0.3) is 0 Å². The molecular weight excluding hydrogens is 341 g/mol. The van der Waals surface area contributed by atoms with Gasteiger partial charge in [0.2, 0.25) is 5.91 Å². The minimum Gasteiger partial charge on any atom is -0.497 e. The van der Waals surface area contributed by atoms with Gasteiger partial charge in [-0.3, -0.25) is 9.59 Å². The third kappa shape index (κ3) is 3.61. The van der Waals surface area contributed by atoms with Crippen LogP contribution in [-0.2, 0) is 20.9 Å². The van der Waals surface area contributed by atoms with Gasteiger partial charge in [-0.15, -0.1) is 0 Å². The molecule has 1 aliphatic rings. The number of carbonyl (C=O) groups is 2. The van der Waals surface area contributed by atoms with Crippen molar-refractivity contribution in [2.75, 3.05) is 19.5 Å². The van der Waals surface area contributed by atoms with E-state index in [-0.39, 0.29) is 18.9 Å². The van der Waals surface area contributed by atoms with E-state index >= 15 is 0 Å². The predicted octanol–water partition coefficient (Wildman–Crippen LogP) is 3.01. The number of nitrogens with one attached hydrogen (secondary N) is 1. The number of rotatable bonds is 5. The lowest BCUT2D eigenvalue weighted by Crippen LogP contribution is -2.28. The topological polar surface area (TPSA) is 73.9 Å². The molecule has 3 rings (SSSR count). The van der Waals surface area contributed by atoms with Crippen LogP contribution in [0.3, 0.4) is 0 Å². The first-order chi connectivity index (χ1) is 12.5. The molecule has 1 amide bonds. The van der Waals surface area contributed by atoms with E-state index in [9.17, 15) is 14.0 Å². The van der Waals surface area contributed by atoms with E-state index in [4.69, 9.17) is 14.2 Å². The van der Waals surface area contributed by atoms with Gasteiger partial charge in [-0.05, 0) is 35.9 Å². The van der Waals surface area contributed by atoms with Crippen molar-refractivity contribution in [3.05, 3.63) is 53.3 Å². The molecule has 1 aliphatic heterocycles. The van der Waals surface area contributed by atoms with Gasteiger partial charge in [-0.1, -0.05) is 6.07 Å². The van der Waals surface area contributed by atoms with Crippen LogP contribution in [0.2, 0.25) is 0 Å². The van der Waals surface area contributed by atoms with E-state index < -0.39 is 17.7 Å². The van der Waals surface area contributed by atoms with E-state index in [1.165, 1.54) is 32.4 Å². The summed E-state index contributed by atoms with van der Waals surface area (Å²) in [5.74, 6) is -1.02. The minimum absolute atomic E-state index is 0.0339. The molecule has 7 heteroatoms. The van der Waals surface area contributed by atoms with Crippen molar-refractivity contribution in [1.29, 1.82) is 0 Å². The fraction of sp³-hybridized carbons (Fsp3) is 0.263. The summed E-state index contributed by atoms with van der Waals surface area (Å²) in [6.45, 7) is -0.0339. The second-order valence-electron chi connectivity index (χ2n) is 5.82. The van der Waals surface area contributed by atoms with Gasteiger partial charge >= 0.3 is 5.97 Å². The zero-order valence-electron chi connectivity index (χ0n) is 14.4. The van der Waals surface area contributed by atoms with Gasteiger partial charge in [-0.2, -0.15) is 0 Å². The largest absolute Gasteiger partial charge is 0.497 e. The second kappa shape index (κ2) is 7.43. The van der Waals surface area contributed by atoms with Gasteiger partial charge in [0.05, 0.1) is 20.1 Å². The zero-order chi connectivity index (χ0) is 18.7. The maximum absolute atomic E-state index is 13.4. The molecule has 0 aliphatic carbocycles. The summed E-state index contributed by atoms with van der Waals surface area (Å²) in [4.78, 5) is 24.4. The second-order valence-corrected chi connectivity index (χ2v) is 5.82. The van der Waals surface area contributed by atoms with Crippen LogP contribution in [0.5, 0.6) is 11.5 Å². The average Bonchev–Trinajstić information content (AvgIpc) is 2.64. The standard InChI is InChI=1S/C19H18FNO5/c1-24-13-4-6-17(25-2)11(7-13)10-26-19(23)15-9-18(22)21-16-8-12(20)3-5-14(15)16/h3-8,15H,9-10H2,1-2H3,(H,21,22)/t15-/m1/s1.